The lowest BCUT2D eigenvalue weighted by Crippen LogP contribution is -2.31. The van der Waals surface area contributed by atoms with Crippen molar-refractivity contribution >= 4 is 33.3 Å². The van der Waals surface area contributed by atoms with Crippen LogP contribution in [0.5, 0.6) is 0 Å². The van der Waals surface area contributed by atoms with E-state index in [0.717, 1.165) is 19.4 Å². The fourth-order valence-corrected chi connectivity index (χ4v) is 3.61. The van der Waals surface area contributed by atoms with Crippen LogP contribution < -0.4 is 10.6 Å². The van der Waals surface area contributed by atoms with Crippen LogP contribution in [0.1, 0.15) is 18.5 Å². The second kappa shape index (κ2) is 6.14. The van der Waals surface area contributed by atoms with Crippen molar-refractivity contribution in [3.05, 3.63) is 34.2 Å². The SMILES string of the molecule is N=C(Nc1ccc(F)c(Br)c1)c1nonc1NC1CC2CC1CO2. The van der Waals surface area contributed by atoms with Crippen molar-refractivity contribution in [1.29, 1.82) is 5.41 Å². The van der Waals surface area contributed by atoms with E-state index in [0.29, 0.717) is 33.7 Å². The molecule has 3 atom stereocenters. The second-order valence-corrected chi connectivity index (χ2v) is 6.88. The van der Waals surface area contributed by atoms with Crippen LogP contribution in [-0.2, 0) is 4.74 Å². The molecule has 0 spiro atoms. The molecule has 3 unspecified atom stereocenters. The molecule has 2 fully saturated rings. The van der Waals surface area contributed by atoms with Gasteiger partial charge in [0.15, 0.2) is 11.5 Å². The van der Waals surface area contributed by atoms with E-state index < -0.39 is 0 Å². The summed E-state index contributed by atoms with van der Waals surface area (Å²) in [6.45, 7) is 0.752. The minimum Gasteiger partial charge on any atom is -0.378 e. The summed E-state index contributed by atoms with van der Waals surface area (Å²) < 4.78 is 24.0. The van der Waals surface area contributed by atoms with E-state index in [1.54, 1.807) is 12.1 Å². The third-order valence-corrected chi connectivity index (χ3v) is 5.04. The Labute approximate surface area is 145 Å². The quantitative estimate of drug-likeness (QED) is 0.543. The molecule has 1 aromatic heterocycles. The molecular weight excluding hydrogens is 381 g/mol. The standard InChI is InChI=1S/C15H15BrFN5O2/c16-10-4-8(1-2-11(10)17)19-14(18)13-15(22-24-21-13)20-12-5-9-3-7(12)6-23-9/h1-2,4,7,9,12H,3,5-6H2,(H2,18,19)(H,20,22). The highest BCUT2D eigenvalue weighted by Gasteiger charge is 2.41. The van der Waals surface area contributed by atoms with Gasteiger partial charge in [0.05, 0.1) is 17.2 Å². The van der Waals surface area contributed by atoms with Crippen LogP contribution in [0.4, 0.5) is 15.9 Å². The molecule has 0 amide bonds. The molecule has 0 radical (unpaired) electrons. The lowest BCUT2D eigenvalue weighted by molar-refractivity contribution is 0.0723. The Hall–Kier alpha value is -2.00. The second-order valence-electron chi connectivity index (χ2n) is 6.03. The van der Waals surface area contributed by atoms with E-state index in [1.807, 2.05) is 0 Å². The maximum atomic E-state index is 13.3. The number of ether oxygens (including phenoxy) is 1. The molecule has 4 rings (SSSR count). The maximum absolute atomic E-state index is 13.3. The van der Waals surface area contributed by atoms with Gasteiger partial charge < -0.3 is 15.4 Å². The summed E-state index contributed by atoms with van der Waals surface area (Å²) in [5.41, 5.74) is 0.856. The van der Waals surface area contributed by atoms with Gasteiger partial charge in [0, 0.05) is 17.6 Å². The number of hydrogen-bond donors (Lipinski definition) is 3. The summed E-state index contributed by atoms with van der Waals surface area (Å²) in [6, 6.07) is 4.66. The molecule has 1 aliphatic heterocycles. The van der Waals surface area contributed by atoms with Gasteiger partial charge in [-0.15, -0.1) is 0 Å². The van der Waals surface area contributed by atoms with Crippen molar-refractivity contribution in [1.82, 2.24) is 10.3 Å². The normalized spacial score (nSPS) is 25.0. The third-order valence-electron chi connectivity index (χ3n) is 4.43. The van der Waals surface area contributed by atoms with Gasteiger partial charge in [-0.05, 0) is 57.3 Å². The highest BCUT2D eigenvalue weighted by molar-refractivity contribution is 9.10. The minimum atomic E-state index is -0.365. The summed E-state index contributed by atoms with van der Waals surface area (Å²) in [7, 11) is 0. The number of anilines is 2. The Bertz CT molecular complexity index is 783. The highest BCUT2D eigenvalue weighted by atomic mass is 79.9. The van der Waals surface area contributed by atoms with Gasteiger partial charge in [0.2, 0.25) is 5.82 Å². The first-order valence-electron chi connectivity index (χ1n) is 7.62. The van der Waals surface area contributed by atoms with Crippen LogP contribution in [0.25, 0.3) is 0 Å². The first-order chi connectivity index (χ1) is 11.6. The number of hydrogen-bond acceptors (Lipinski definition) is 6. The number of fused-ring (bicyclic) bond motifs is 2. The lowest BCUT2D eigenvalue weighted by atomic mass is 10.1. The number of benzene rings is 1. The van der Waals surface area contributed by atoms with E-state index in [4.69, 9.17) is 14.8 Å². The smallest absolute Gasteiger partial charge is 0.202 e. The average molecular weight is 396 g/mol. The summed E-state index contributed by atoms with van der Waals surface area (Å²) >= 11 is 3.12. The Kier molecular flexibility index (Phi) is 3.97. The van der Waals surface area contributed by atoms with Gasteiger partial charge in [-0.3, -0.25) is 5.41 Å². The number of nitrogens with one attached hydrogen (secondary N) is 3. The zero-order valence-electron chi connectivity index (χ0n) is 12.6. The fraction of sp³-hybridized carbons (Fsp3) is 0.400. The summed E-state index contributed by atoms with van der Waals surface area (Å²) in [5.74, 6) is 0.550. The molecule has 126 valence electrons. The van der Waals surface area contributed by atoms with Crippen LogP contribution in [0.3, 0.4) is 0 Å². The number of nitrogens with zero attached hydrogens (tertiary/aromatic N) is 2. The molecule has 2 aromatic rings. The molecular formula is C15H15BrFN5O2. The molecule has 24 heavy (non-hydrogen) atoms. The molecule has 1 saturated heterocycles. The summed E-state index contributed by atoms with van der Waals surface area (Å²) in [4.78, 5) is 0. The Morgan fingerprint density at radius 1 is 1.33 bits per heavy atom. The van der Waals surface area contributed by atoms with Crippen molar-refractivity contribution < 1.29 is 13.8 Å². The van der Waals surface area contributed by atoms with E-state index in [-0.39, 0.29) is 17.7 Å². The third kappa shape index (κ3) is 2.89. The van der Waals surface area contributed by atoms with Crippen molar-refractivity contribution in [2.75, 3.05) is 17.2 Å². The summed E-state index contributed by atoms with van der Waals surface area (Å²) in [5, 5.41) is 22.0. The van der Waals surface area contributed by atoms with E-state index in [2.05, 4.69) is 36.9 Å². The van der Waals surface area contributed by atoms with Gasteiger partial charge in [0.1, 0.15) is 5.82 Å². The van der Waals surface area contributed by atoms with Crippen molar-refractivity contribution in [2.24, 2.45) is 5.92 Å². The molecule has 9 heteroatoms. The maximum Gasteiger partial charge on any atom is 0.202 e. The highest BCUT2D eigenvalue weighted by Crippen LogP contribution is 2.37. The Morgan fingerprint density at radius 3 is 2.92 bits per heavy atom. The van der Waals surface area contributed by atoms with Crippen molar-refractivity contribution in [2.45, 2.75) is 25.0 Å². The number of amidine groups is 1. The molecule has 2 heterocycles. The van der Waals surface area contributed by atoms with E-state index >= 15 is 0 Å². The topological polar surface area (TPSA) is 96.1 Å². The van der Waals surface area contributed by atoms with Gasteiger partial charge in [0.25, 0.3) is 0 Å². The Morgan fingerprint density at radius 2 is 2.21 bits per heavy atom. The van der Waals surface area contributed by atoms with Crippen LogP contribution in [-0.4, -0.2) is 34.9 Å². The first kappa shape index (κ1) is 15.5. The molecule has 1 aromatic carbocycles. The zero-order chi connectivity index (χ0) is 16.7. The van der Waals surface area contributed by atoms with Crippen LogP contribution in [0.2, 0.25) is 0 Å². The Balaban J connectivity index is 1.47. The van der Waals surface area contributed by atoms with Crippen LogP contribution in [0, 0.1) is 17.1 Å². The predicted octanol–water partition coefficient (Wildman–Crippen LogP) is 3.00. The van der Waals surface area contributed by atoms with Crippen LogP contribution in [0.15, 0.2) is 27.3 Å². The molecule has 1 aliphatic carbocycles. The number of rotatable bonds is 4. The molecule has 7 nitrogen and oxygen atoms in total. The van der Waals surface area contributed by atoms with Crippen molar-refractivity contribution in [3.8, 4) is 0 Å². The van der Waals surface area contributed by atoms with Crippen molar-refractivity contribution in [3.63, 3.8) is 0 Å². The number of halogens is 2. The largest absolute Gasteiger partial charge is 0.378 e. The van der Waals surface area contributed by atoms with E-state index in [9.17, 15) is 4.39 Å². The predicted molar refractivity (Wildman–Crippen MR) is 88.7 cm³/mol. The molecule has 2 bridgehead atoms. The zero-order valence-corrected chi connectivity index (χ0v) is 14.1. The van der Waals surface area contributed by atoms with Gasteiger partial charge >= 0.3 is 0 Å². The van der Waals surface area contributed by atoms with Crippen LogP contribution >= 0.6 is 15.9 Å². The lowest BCUT2D eigenvalue weighted by Gasteiger charge is -2.22. The molecule has 3 N–H and O–H groups in total. The average Bonchev–Trinajstić information content (AvgIpc) is 3.27. The van der Waals surface area contributed by atoms with Gasteiger partial charge in [-0.1, -0.05) is 0 Å². The minimum absolute atomic E-state index is 0.0247. The summed E-state index contributed by atoms with van der Waals surface area (Å²) in [6.07, 6.45) is 2.28. The van der Waals surface area contributed by atoms with Gasteiger partial charge in [-0.25, -0.2) is 9.02 Å². The fourth-order valence-electron chi connectivity index (χ4n) is 3.23. The van der Waals surface area contributed by atoms with E-state index in [1.165, 1.54) is 6.07 Å². The molecule has 2 aliphatic rings. The number of aromatic nitrogens is 2. The molecule has 1 saturated carbocycles. The monoisotopic (exact) mass is 395 g/mol. The first-order valence-corrected chi connectivity index (χ1v) is 8.41. The van der Waals surface area contributed by atoms with Gasteiger partial charge in [-0.2, -0.15) is 0 Å².